The zero-order valence-electron chi connectivity index (χ0n) is 15.7. The SMILES string of the molecule is O=C(CN1CCN(c2ccc([N+](=O)[O-])cc2)CC1)NCCC1=CCCCC1. The summed E-state index contributed by atoms with van der Waals surface area (Å²) in [7, 11) is 0. The molecule has 0 atom stereocenters. The Hall–Kier alpha value is -2.41. The maximum absolute atomic E-state index is 12.2. The number of nitrogens with zero attached hydrogens (tertiary/aromatic N) is 3. The van der Waals surface area contributed by atoms with E-state index in [9.17, 15) is 14.9 Å². The molecule has 7 heteroatoms. The van der Waals surface area contributed by atoms with Crippen molar-refractivity contribution in [2.75, 3.05) is 44.2 Å². The van der Waals surface area contributed by atoms with E-state index < -0.39 is 0 Å². The number of carbonyl (C=O) groups is 1. The predicted octanol–water partition coefficient (Wildman–Crippen LogP) is 2.72. The van der Waals surface area contributed by atoms with Crippen molar-refractivity contribution in [2.24, 2.45) is 0 Å². The molecular formula is C20H28N4O3. The van der Waals surface area contributed by atoms with Crippen LogP contribution in [0.5, 0.6) is 0 Å². The van der Waals surface area contributed by atoms with Crippen LogP contribution in [0.1, 0.15) is 32.1 Å². The van der Waals surface area contributed by atoms with Crippen molar-refractivity contribution >= 4 is 17.3 Å². The molecule has 1 N–H and O–H groups in total. The van der Waals surface area contributed by atoms with Gasteiger partial charge in [-0.3, -0.25) is 19.8 Å². The molecule has 1 aliphatic carbocycles. The molecule has 0 bridgehead atoms. The quantitative estimate of drug-likeness (QED) is 0.452. The molecule has 2 aliphatic rings. The molecule has 1 aliphatic heterocycles. The molecule has 1 saturated heterocycles. The molecule has 1 aromatic carbocycles. The van der Waals surface area contributed by atoms with Crippen LogP contribution in [0.15, 0.2) is 35.9 Å². The third kappa shape index (κ3) is 5.79. The molecule has 146 valence electrons. The number of hydrogen-bond acceptors (Lipinski definition) is 5. The first kappa shape index (κ1) is 19.4. The highest BCUT2D eigenvalue weighted by atomic mass is 16.6. The van der Waals surface area contributed by atoms with Gasteiger partial charge >= 0.3 is 0 Å². The second kappa shape index (κ2) is 9.50. The largest absolute Gasteiger partial charge is 0.369 e. The van der Waals surface area contributed by atoms with Crippen LogP contribution in [0.4, 0.5) is 11.4 Å². The minimum Gasteiger partial charge on any atom is -0.369 e. The van der Waals surface area contributed by atoms with Crippen molar-refractivity contribution in [3.05, 3.63) is 46.0 Å². The maximum atomic E-state index is 12.2. The number of benzene rings is 1. The summed E-state index contributed by atoms with van der Waals surface area (Å²) < 4.78 is 0. The highest BCUT2D eigenvalue weighted by Crippen LogP contribution is 2.21. The summed E-state index contributed by atoms with van der Waals surface area (Å²) >= 11 is 0. The molecule has 0 saturated carbocycles. The fourth-order valence-corrected chi connectivity index (χ4v) is 3.70. The van der Waals surface area contributed by atoms with E-state index in [1.807, 2.05) is 0 Å². The Morgan fingerprint density at radius 3 is 2.48 bits per heavy atom. The topological polar surface area (TPSA) is 78.7 Å². The van der Waals surface area contributed by atoms with E-state index in [4.69, 9.17) is 0 Å². The van der Waals surface area contributed by atoms with Gasteiger partial charge in [0.15, 0.2) is 0 Å². The van der Waals surface area contributed by atoms with Crippen molar-refractivity contribution in [1.82, 2.24) is 10.2 Å². The number of piperazine rings is 1. The molecular weight excluding hydrogens is 344 g/mol. The molecule has 0 unspecified atom stereocenters. The molecule has 1 heterocycles. The Morgan fingerprint density at radius 1 is 1.11 bits per heavy atom. The van der Waals surface area contributed by atoms with Gasteiger partial charge in [-0.25, -0.2) is 0 Å². The van der Waals surface area contributed by atoms with Gasteiger partial charge in [0.25, 0.3) is 5.69 Å². The number of carbonyl (C=O) groups excluding carboxylic acids is 1. The lowest BCUT2D eigenvalue weighted by molar-refractivity contribution is -0.384. The highest BCUT2D eigenvalue weighted by molar-refractivity contribution is 5.78. The van der Waals surface area contributed by atoms with Gasteiger partial charge < -0.3 is 10.2 Å². The first-order valence-electron chi connectivity index (χ1n) is 9.78. The van der Waals surface area contributed by atoms with Gasteiger partial charge in [-0.15, -0.1) is 0 Å². The molecule has 0 radical (unpaired) electrons. The number of amides is 1. The van der Waals surface area contributed by atoms with E-state index >= 15 is 0 Å². The standard InChI is InChI=1S/C20H28N4O3/c25-20(21-11-10-17-4-2-1-3-5-17)16-22-12-14-23(15-13-22)18-6-8-19(9-7-18)24(26)27/h4,6-9H,1-3,5,10-16H2,(H,21,25). The Kier molecular flexibility index (Phi) is 6.81. The van der Waals surface area contributed by atoms with Gasteiger partial charge in [0.05, 0.1) is 11.5 Å². The molecule has 3 rings (SSSR count). The van der Waals surface area contributed by atoms with Gasteiger partial charge in [-0.2, -0.15) is 0 Å². The van der Waals surface area contributed by atoms with Crippen LogP contribution in [0.25, 0.3) is 0 Å². The van der Waals surface area contributed by atoms with E-state index in [0.717, 1.165) is 44.8 Å². The lowest BCUT2D eigenvalue weighted by Gasteiger charge is -2.35. The van der Waals surface area contributed by atoms with Crippen LogP contribution in [0.2, 0.25) is 0 Å². The van der Waals surface area contributed by atoms with E-state index in [1.165, 1.54) is 43.4 Å². The molecule has 7 nitrogen and oxygen atoms in total. The fourth-order valence-electron chi connectivity index (χ4n) is 3.70. The van der Waals surface area contributed by atoms with E-state index in [-0.39, 0.29) is 16.5 Å². The number of anilines is 1. The zero-order chi connectivity index (χ0) is 19.1. The summed E-state index contributed by atoms with van der Waals surface area (Å²) in [6, 6.07) is 6.66. The Bertz CT molecular complexity index is 679. The predicted molar refractivity (Wildman–Crippen MR) is 106 cm³/mol. The van der Waals surface area contributed by atoms with E-state index in [2.05, 4.69) is 21.2 Å². The molecule has 1 amide bonds. The average Bonchev–Trinajstić information content (AvgIpc) is 2.69. The minimum absolute atomic E-state index is 0.0928. The van der Waals surface area contributed by atoms with Crippen LogP contribution in [0.3, 0.4) is 0 Å². The van der Waals surface area contributed by atoms with Crippen molar-refractivity contribution in [3.63, 3.8) is 0 Å². The number of hydrogen-bond donors (Lipinski definition) is 1. The van der Waals surface area contributed by atoms with Crippen LogP contribution in [-0.2, 0) is 4.79 Å². The number of rotatable bonds is 7. The Balaban J connectivity index is 1.36. The van der Waals surface area contributed by atoms with Crippen LogP contribution >= 0.6 is 0 Å². The third-order valence-electron chi connectivity index (χ3n) is 5.32. The van der Waals surface area contributed by atoms with Crippen molar-refractivity contribution in [1.29, 1.82) is 0 Å². The summed E-state index contributed by atoms with van der Waals surface area (Å²) in [6.07, 6.45) is 8.23. The summed E-state index contributed by atoms with van der Waals surface area (Å²) in [5.74, 6) is 0.0928. The van der Waals surface area contributed by atoms with E-state index in [1.54, 1.807) is 12.1 Å². The molecule has 27 heavy (non-hydrogen) atoms. The lowest BCUT2D eigenvalue weighted by Crippen LogP contribution is -2.49. The summed E-state index contributed by atoms with van der Waals surface area (Å²) in [4.78, 5) is 26.9. The van der Waals surface area contributed by atoms with Gasteiger partial charge in [0.2, 0.25) is 5.91 Å². The molecule has 1 fully saturated rings. The molecule has 0 spiro atoms. The highest BCUT2D eigenvalue weighted by Gasteiger charge is 2.19. The smallest absolute Gasteiger partial charge is 0.269 e. The first-order valence-corrected chi connectivity index (χ1v) is 9.78. The van der Waals surface area contributed by atoms with Gasteiger partial charge in [-0.05, 0) is 44.2 Å². The number of allylic oxidation sites excluding steroid dienone is 1. The monoisotopic (exact) mass is 372 g/mol. The van der Waals surface area contributed by atoms with E-state index in [0.29, 0.717) is 6.54 Å². The third-order valence-corrected chi connectivity index (χ3v) is 5.32. The molecule has 0 aromatic heterocycles. The summed E-state index contributed by atoms with van der Waals surface area (Å²) in [5, 5.41) is 13.8. The van der Waals surface area contributed by atoms with Gasteiger partial charge in [0.1, 0.15) is 0 Å². The average molecular weight is 372 g/mol. The molecule has 1 aromatic rings. The second-order valence-electron chi connectivity index (χ2n) is 7.24. The lowest BCUT2D eigenvalue weighted by atomic mass is 9.97. The number of nitro benzene ring substituents is 1. The summed E-state index contributed by atoms with van der Waals surface area (Å²) in [5.41, 5.74) is 2.58. The van der Waals surface area contributed by atoms with Gasteiger partial charge in [0, 0.05) is 50.5 Å². The minimum atomic E-state index is -0.384. The van der Waals surface area contributed by atoms with Gasteiger partial charge in [-0.1, -0.05) is 11.6 Å². The number of nitro groups is 1. The van der Waals surface area contributed by atoms with Crippen molar-refractivity contribution in [3.8, 4) is 0 Å². The second-order valence-corrected chi connectivity index (χ2v) is 7.24. The number of non-ortho nitro benzene ring substituents is 1. The van der Waals surface area contributed by atoms with Crippen LogP contribution < -0.4 is 10.2 Å². The maximum Gasteiger partial charge on any atom is 0.269 e. The first-order chi connectivity index (χ1) is 13.1. The van der Waals surface area contributed by atoms with Crippen LogP contribution in [0, 0.1) is 10.1 Å². The van der Waals surface area contributed by atoms with Crippen molar-refractivity contribution in [2.45, 2.75) is 32.1 Å². The van der Waals surface area contributed by atoms with Crippen LogP contribution in [-0.4, -0.2) is 55.0 Å². The summed E-state index contributed by atoms with van der Waals surface area (Å²) in [6.45, 7) is 4.43. The fraction of sp³-hybridized carbons (Fsp3) is 0.550. The van der Waals surface area contributed by atoms with Crippen molar-refractivity contribution < 1.29 is 9.72 Å². The number of nitrogens with one attached hydrogen (secondary N) is 1. The Labute approximate surface area is 160 Å². The normalized spacial score (nSPS) is 18.1. The zero-order valence-corrected chi connectivity index (χ0v) is 15.7. The Morgan fingerprint density at radius 2 is 1.85 bits per heavy atom.